The number of phenolic OH excluding ortho intramolecular Hbond substituents is 1. The lowest BCUT2D eigenvalue weighted by atomic mass is 9.53. The van der Waals surface area contributed by atoms with Crippen LogP contribution in [0.15, 0.2) is 23.8 Å². The first-order valence-corrected chi connectivity index (χ1v) is 12.9. The zero-order valence-electron chi connectivity index (χ0n) is 21.0. The summed E-state index contributed by atoms with van der Waals surface area (Å²) >= 11 is 0. The number of nitrogens with zero attached hydrogens (tertiary/aromatic N) is 1. The second-order valence-corrected chi connectivity index (χ2v) is 10.8. The Morgan fingerprint density at radius 3 is 2.53 bits per heavy atom. The number of nitrogens with two attached hydrogens (primary N) is 1. The highest BCUT2D eigenvalue weighted by molar-refractivity contribution is 6.25. The maximum atomic E-state index is 13.9. The number of ketones is 2. The number of carbonyl (C=O) groups is 4. The average Bonchev–Trinajstić information content (AvgIpc) is 3.38. The Bertz CT molecular complexity index is 1240. The number of likely N-dealkylation sites (tertiary alicyclic amines) is 1. The first kappa shape index (κ1) is 26.3. The van der Waals surface area contributed by atoms with Crippen molar-refractivity contribution in [2.24, 2.45) is 23.5 Å². The summed E-state index contributed by atoms with van der Waals surface area (Å²) in [7, 11) is 0. The van der Waals surface area contributed by atoms with E-state index in [4.69, 9.17) is 10.5 Å². The summed E-state index contributed by atoms with van der Waals surface area (Å²) in [5, 5.41) is 44.1. The van der Waals surface area contributed by atoms with Gasteiger partial charge in [0.2, 0.25) is 11.7 Å². The van der Waals surface area contributed by atoms with Crippen molar-refractivity contribution in [3.63, 3.8) is 0 Å². The van der Waals surface area contributed by atoms with Crippen LogP contribution in [-0.2, 0) is 23.9 Å². The molecule has 2 saturated carbocycles. The summed E-state index contributed by atoms with van der Waals surface area (Å²) < 4.78 is 5.89. The van der Waals surface area contributed by atoms with Crippen LogP contribution < -0.4 is 5.73 Å². The van der Waals surface area contributed by atoms with E-state index in [9.17, 15) is 39.6 Å². The third-order valence-electron chi connectivity index (χ3n) is 8.75. The molecule has 1 aromatic rings. The maximum absolute atomic E-state index is 13.9. The average molecular weight is 529 g/mol. The van der Waals surface area contributed by atoms with Gasteiger partial charge in [-0.05, 0) is 49.9 Å². The van der Waals surface area contributed by atoms with Crippen molar-refractivity contribution in [2.45, 2.75) is 56.3 Å². The number of esters is 1. The lowest BCUT2D eigenvalue weighted by Gasteiger charge is -2.53. The van der Waals surface area contributed by atoms with Gasteiger partial charge in [-0.3, -0.25) is 19.2 Å². The number of rotatable bonds is 5. The zero-order chi connectivity index (χ0) is 27.5. The highest BCUT2D eigenvalue weighted by Gasteiger charge is 2.68. The minimum absolute atomic E-state index is 0.0181. The predicted molar refractivity (Wildman–Crippen MR) is 131 cm³/mol. The van der Waals surface area contributed by atoms with Crippen molar-refractivity contribution in [3.05, 3.63) is 34.9 Å². The molecule has 4 aliphatic rings. The first-order valence-electron chi connectivity index (χ1n) is 12.9. The maximum Gasteiger partial charge on any atom is 0.307 e. The Morgan fingerprint density at radius 1 is 1.18 bits per heavy atom. The molecule has 1 heterocycles. The number of aliphatic hydroxyl groups excluding tert-OH is 2. The Hall–Kier alpha value is -3.28. The highest BCUT2D eigenvalue weighted by atomic mass is 16.5. The molecule has 1 amide bonds. The minimum Gasteiger partial charge on any atom is -0.507 e. The molecule has 204 valence electrons. The van der Waals surface area contributed by atoms with E-state index in [1.807, 2.05) is 0 Å². The Kier molecular flexibility index (Phi) is 6.57. The second-order valence-electron chi connectivity index (χ2n) is 10.8. The lowest BCUT2D eigenvalue weighted by molar-refractivity contribution is -0.195. The van der Waals surface area contributed by atoms with Crippen LogP contribution >= 0.6 is 0 Å². The summed E-state index contributed by atoms with van der Waals surface area (Å²) in [6.45, 7) is 3.91. The Morgan fingerprint density at radius 2 is 1.87 bits per heavy atom. The molecule has 2 unspecified atom stereocenters. The summed E-state index contributed by atoms with van der Waals surface area (Å²) in [5.74, 6) is -10.0. The molecule has 1 aromatic carbocycles. The molecular weight excluding hydrogens is 496 g/mol. The quantitative estimate of drug-likeness (QED) is 0.260. The van der Waals surface area contributed by atoms with Crippen molar-refractivity contribution in [2.75, 3.05) is 19.6 Å². The molecule has 3 aliphatic carbocycles. The highest BCUT2D eigenvalue weighted by Crippen LogP contribution is 2.56. The molecule has 1 saturated heterocycles. The van der Waals surface area contributed by atoms with Crippen LogP contribution in [-0.4, -0.2) is 86.2 Å². The molecule has 0 bridgehead atoms. The molecule has 6 N–H and O–H groups in total. The molecule has 38 heavy (non-hydrogen) atoms. The Balaban J connectivity index is 1.61. The monoisotopic (exact) mass is 528 g/mol. The van der Waals surface area contributed by atoms with E-state index in [-0.39, 0.29) is 23.3 Å². The van der Waals surface area contributed by atoms with Crippen molar-refractivity contribution < 1.29 is 44.3 Å². The minimum atomic E-state index is -2.87. The lowest BCUT2D eigenvalue weighted by Crippen LogP contribution is -2.71. The summed E-state index contributed by atoms with van der Waals surface area (Å²) in [5.41, 5.74) is 2.56. The number of aliphatic hydroxyl groups is 3. The van der Waals surface area contributed by atoms with Gasteiger partial charge >= 0.3 is 5.97 Å². The van der Waals surface area contributed by atoms with Crippen LogP contribution in [0.1, 0.15) is 49.7 Å². The second kappa shape index (κ2) is 9.48. The van der Waals surface area contributed by atoms with Crippen molar-refractivity contribution in [1.82, 2.24) is 4.90 Å². The molecule has 0 spiro atoms. The smallest absolute Gasteiger partial charge is 0.307 e. The van der Waals surface area contributed by atoms with Crippen LogP contribution in [0.5, 0.6) is 5.75 Å². The topological polar surface area (TPSA) is 188 Å². The predicted octanol–water partition coefficient (Wildman–Crippen LogP) is 0.158. The summed E-state index contributed by atoms with van der Waals surface area (Å²) in [4.78, 5) is 54.5. The Labute approximate surface area is 218 Å². The van der Waals surface area contributed by atoms with E-state index in [1.165, 1.54) is 6.07 Å². The van der Waals surface area contributed by atoms with Crippen LogP contribution in [0, 0.1) is 17.8 Å². The molecule has 11 heteroatoms. The van der Waals surface area contributed by atoms with Gasteiger partial charge in [0.15, 0.2) is 11.4 Å². The number of ether oxygens (including phenoxy) is 1. The number of hydrogen-bond donors (Lipinski definition) is 5. The largest absolute Gasteiger partial charge is 0.507 e. The fraction of sp³-hybridized carbons (Fsp3) is 0.556. The van der Waals surface area contributed by atoms with Gasteiger partial charge in [0, 0.05) is 24.0 Å². The van der Waals surface area contributed by atoms with Gasteiger partial charge in [-0.25, -0.2) is 0 Å². The summed E-state index contributed by atoms with van der Waals surface area (Å²) in [6.07, 6.45) is -1.20. The van der Waals surface area contributed by atoms with E-state index < -0.39 is 77.1 Å². The SMILES string of the molecule is C[C@H]1c2cccc(O)c2C(O)=C2C(=O)[C@]3(O)C(=O)C(C(N)=O)C(O)C[C@@H]3[C@@H](OC(=O)CCN3CCCC3)[C@@H]21. The van der Waals surface area contributed by atoms with E-state index in [1.54, 1.807) is 19.1 Å². The molecule has 7 atom stereocenters. The van der Waals surface area contributed by atoms with Gasteiger partial charge < -0.3 is 35.8 Å². The number of fused-ring (bicyclic) bond motifs is 3. The van der Waals surface area contributed by atoms with Gasteiger partial charge in [0.05, 0.1) is 18.1 Å². The number of hydrogen-bond acceptors (Lipinski definition) is 10. The van der Waals surface area contributed by atoms with Gasteiger partial charge in [-0.1, -0.05) is 19.1 Å². The van der Waals surface area contributed by atoms with Crippen LogP contribution in [0.25, 0.3) is 5.76 Å². The summed E-state index contributed by atoms with van der Waals surface area (Å²) in [6, 6.07) is 4.56. The normalized spacial score (nSPS) is 34.9. The van der Waals surface area contributed by atoms with E-state index >= 15 is 0 Å². The fourth-order valence-corrected chi connectivity index (χ4v) is 6.85. The number of carbonyl (C=O) groups excluding carboxylic acids is 4. The molecule has 1 aliphatic heterocycles. The number of primary amides is 1. The first-order chi connectivity index (χ1) is 18.0. The number of Topliss-reactive ketones (excluding diaryl/α,β-unsaturated/α-hetero) is 2. The molecule has 11 nitrogen and oxygen atoms in total. The standard InChI is InChI=1S/C27H32N2O9/c1-12-13-5-4-6-15(30)19(13)22(33)21-18(12)23(38-17(32)7-10-29-8-2-3-9-29)14-11-16(31)20(26(28)36)24(34)27(14,37)25(21)35/h4-6,12,14,16,18,20,23,30-31,33,37H,2-3,7-11H2,1H3,(H2,28,36)/t12-,14+,16?,18+,20?,23+,27+/m0/s1. The fourth-order valence-electron chi connectivity index (χ4n) is 6.85. The molecular formula is C27H32N2O9. The number of phenols is 1. The molecule has 5 rings (SSSR count). The van der Waals surface area contributed by atoms with Gasteiger partial charge in [0.25, 0.3) is 0 Å². The number of benzene rings is 1. The van der Waals surface area contributed by atoms with Crippen LogP contribution in [0.3, 0.4) is 0 Å². The third-order valence-corrected chi connectivity index (χ3v) is 8.75. The number of amides is 1. The third kappa shape index (κ3) is 3.83. The van der Waals surface area contributed by atoms with Gasteiger partial charge in [-0.2, -0.15) is 0 Å². The van der Waals surface area contributed by atoms with Crippen molar-refractivity contribution >= 4 is 29.2 Å². The van der Waals surface area contributed by atoms with Crippen LogP contribution in [0.2, 0.25) is 0 Å². The molecule has 0 aromatic heterocycles. The van der Waals surface area contributed by atoms with Crippen molar-refractivity contribution in [1.29, 1.82) is 0 Å². The molecule has 3 fully saturated rings. The van der Waals surface area contributed by atoms with Crippen molar-refractivity contribution in [3.8, 4) is 5.75 Å². The van der Waals surface area contributed by atoms with E-state index in [0.29, 0.717) is 12.1 Å². The van der Waals surface area contributed by atoms with Crippen LogP contribution in [0.4, 0.5) is 0 Å². The van der Waals surface area contributed by atoms with E-state index in [2.05, 4.69) is 4.90 Å². The molecule has 0 radical (unpaired) electrons. The number of aromatic hydroxyl groups is 1. The van der Waals surface area contributed by atoms with E-state index in [0.717, 1.165) is 25.9 Å². The van der Waals surface area contributed by atoms with Gasteiger partial charge in [-0.15, -0.1) is 0 Å². The zero-order valence-corrected chi connectivity index (χ0v) is 21.0. The van der Waals surface area contributed by atoms with Gasteiger partial charge in [0.1, 0.15) is 23.5 Å².